The van der Waals surface area contributed by atoms with Crippen LogP contribution in [0, 0.1) is 17.6 Å². The molecule has 1 saturated carbocycles. The highest BCUT2D eigenvalue weighted by atomic mass is 19.1. The summed E-state index contributed by atoms with van der Waals surface area (Å²) in [6.07, 6.45) is 6.93. The summed E-state index contributed by atoms with van der Waals surface area (Å²) in [7, 11) is 0. The largest absolute Gasteiger partial charge is 0.493 e. The summed E-state index contributed by atoms with van der Waals surface area (Å²) < 4.78 is 38.1. The van der Waals surface area contributed by atoms with Gasteiger partial charge in [0.1, 0.15) is 36.4 Å². The molecule has 3 heterocycles. The number of hydrogen-bond donors (Lipinski definition) is 1. The lowest BCUT2D eigenvalue weighted by Gasteiger charge is -2.37. The van der Waals surface area contributed by atoms with E-state index in [1.165, 1.54) is 23.3 Å². The van der Waals surface area contributed by atoms with Gasteiger partial charge in [0.05, 0.1) is 18.8 Å². The van der Waals surface area contributed by atoms with E-state index in [4.69, 9.17) is 4.74 Å². The molecule has 5 aromatic rings. The molecule has 0 unspecified atom stereocenters. The monoisotopic (exact) mass is 612 g/mol. The smallest absolute Gasteiger partial charge is 0.347 e. The third-order valence-electron chi connectivity index (χ3n) is 9.16. The van der Waals surface area contributed by atoms with Gasteiger partial charge in [0.2, 0.25) is 0 Å². The molecule has 0 bridgehead atoms. The Kier molecular flexibility index (Phi) is 7.78. The molecule has 2 atom stereocenters. The van der Waals surface area contributed by atoms with Crippen LogP contribution in [0.15, 0.2) is 90.5 Å². The van der Waals surface area contributed by atoms with Crippen LogP contribution in [-0.2, 0) is 12.0 Å². The molecule has 2 fully saturated rings. The van der Waals surface area contributed by atoms with E-state index in [-0.39, 0.29) is 11.6 Å². The summed E-state index contributed by atoms with van der Waals surface area (Å²) in [5.41, 5.74) is 2.81. The second kappa shape index (κ2) is 12.2. The van der Waals surface area contributed by atoms with Crippen LogP contribution in [-0.4, -0.2) is 62.3 Å². The normalized spacial score (nSPS) is 20.1. The molecule has 1 N–H and O–H groups in total. The van der Waals surface area contributed by atoms with Crippen molar-refractivity contribution in [1.82, 2.24) is 29.5 Å². The van der Waals surface area contributed by atoms with Crippen LogP contribution in [0.25, 0.3) is 5.69 Å². The first-order chi connectivity index (χ1) is 22.0. The lowest BCUT2D eigenvalue weighted by molar-refractivity contribution is 0.237. The van der Waals surface area contributed by atoms with Crippen molar-refractivity contribution >= 4 is 11.4 Å². The van der Waals surface area contributed by atoms with Gasteiger partial charge in [0.15, 0.2) is 0 Å². The molecule has 1 aliphatic carbocycles. The lowest BCUT2D eigenvalue weighted by Crippen LogP contribution is -2.46. The number of halogens is 2. The van der Waals surface area contributed by atoms with Crippen molar-refractivity contribution in [2.45, 2.75) is 31.2 Å². The van der Waals surface area contributed by atoms with Gasteiger partial charge >= 0.3 is 5.69 Å². The number of nitrogens with one attached hydrogen (secondary N) is 1. The topological polar surface area (TPSA) is 97.1 Å². The number of piperazine rings is 1. The minimum Gasteiger partial charge on any atom is -0.493 e. The van der Waals surface area contributed by atoms with Gasteiger partial charge in [-0.05, 0) is 85.3 Å². The van der Waals surface area contributed by atoms with E-state index < -0.39 is 17.0 Å². The van der Waals surface area contributed by atoms with E-state index in [9.17, 15) is 13.6 Å². The maximum atomic E-state index is 15.0. The van der Waals surface area contributed by atoms with Crippen LogP contribution in [0.1, 0.15) is 24.8 Å². The fraction of sp³-hybridized carbons (Fsp3) is 0.333. The highest BCUT2D eigenvalue weighted by molar-refractivity contribution is 5.54. The van der Waals surface area contributed by atoms with Gasteiger partial charge in [0, 0.05) is 49.0 Å². The predicted molar refractivity (Wildman–Crippen MR) is 166 cm³/mol. The first-order valence-electron chi connectivity index (χ1n) is 15.2. The number of H-pyrrole nitrogens is 1. The molecule has 2 aromatic heterocycles. The second-order valence-corrected chi connectivity index (χ2v) is 11.9. The van der Waals surface area contributed by atoms with Gasteiger partial charge in [0.25, 0.3) is 0 Å². The van der Waals surface area contributed by atoms with Crippen LogP contribution >= 0.6 is 0 Å². The molecule has 0 amide bonds. The van der Waals surface area contributed by atoms with Crippen molar-refractivity contribution in [3.05, 3.63) is 113 Å². The van der Waals surface area contributed by atoms with Crippen molar-refractivity contribution in [1.29, 1.82) is 0 Å². The van der Waals surface area contributed by atoms with Gasteiger partial charge < -0.3 is 14.5 Å². The molecule has 1 saturated heterocycles. The Morgan fingerprint density at radius 3 is 2.20 bits per heavy atom. The molecular weight excluding hydrogens is 578 g/mol. The highest BCUT2D eigenvalue weighted by Gasteiger charge is 2.43. The zero-order valence-corrected chi connectivity index (χ0v) is 24.7. The highest BCUT2D eigenvalue weighted by Crippen LogP contribution is 2.46. The summed E-state index contributed by atoms with van der Waals surface area (Å²) in [5, 5.41) is 10.5. The van der Waals surface area contributed by atoms with Crippen LogP contribution in [0.2, 0.25) is 0 Å². The molecule has 3 aromatic carbocycles. The summed E-state index contributed by atoms with van der Waals surface area (Å²) in [5.74, 6) is -0.0716. The van der Waals surface area contributed by atoms with E-state index in [2.05, 4.69) is 42.2 Å². The number of ether oxygens (including phenoxy) is 1. The molecule has 12 heteroatoms. The number of nitrogens with zero attached hydrogens (tertiary/aromatic N) is 7. The quantitative estimate of drug-likeness (QED) is 0.261. The third kappa shape index (κ3) is 6.04. The van der Waals surface area contributed by atoms with E-state index in [1.807, 2.05) is 36.4 Å². The SMILES string of the molecule is O=c1[nH]ncn1-c1ccc(N2CCN(c3ccc(OC[C@@H]4CC[C@@](Cn5cncn5)(c5ccc(F)cc5F)C4)cc3)CC2)cc1. The standard InChI is InChI=1S/C33H34F2N8O2/c34-25-1-10-30(31(35)17-25)33(20-42-22-36-21-38-42)12-11-24(18-33)19-45-29-8-6-27(7-9-29)41-15-13-40(14-16-41)26-2-4-28(5-3-26)43-23-37-39-32(43)44/h1-10,17,21-24H,11-16,18-20H2,(H,39,44)/t24-,33-/m1/s1. The molecule has 232 valence electrons. The number of aromatic amines is 1. The van der Waals surface area contributed by atoms with Crippen molar-refractivity contribution < 1.29 is 13.5 Å². The third-order valence-corrected chi connectivity index (χ3v) is 9.16. The first kappa shape index (κ1) is 28.8. The Balaban J connectivity index is 0.936. The molecule has 0 radical (unpaired) electrons. The van der Waals surface area contributed by atoms with E-state index in [0.717, 1.165) is 67.9 Å². The van der Waals surface area contributed by atoms with Crippen LogP contribution < -0.4 is 20.2 Å². The first-order valence-corrected chi connectivity index (χ1v) is 15.2. The molecule has 1 aliphatic heterocycles. The van der Waals surface area contributed by atoms with E-state index in [1.54, 1.807) is 17.1 Å². The molecule has 0 spiro atoms. The Labute approximate surface area is 258 Å². The number of aromatic nitrogens is 6. The van der Waals surface area contributed by atoms with Crippen molar-refractivity contribution in [2.24, 2.45) is 5.92 Å². The molecular formula is C33H34F2N8O2. The summed E-state index contributed by atoms with van der Waals surface area (Å²) >= 11 is 0. The minimum absolute atomic E-state index is 0.223. The van der Waals surface area contributed by atoms with Gasteiger partial charge in [-0.3, -0.25) is 4.68 Å². The number of anilines is 2. The Hall–Kier alpha value is -5.00. The Morgan fingerprint density at radius 2 is 1.58 bits per heavy atom. The number of rotatable bonds is 9. The zero-order valence-electron chi connectivity index (χ0n) is 24.7. The van der Waals surface area contributed by atoms with E-state index >= 15 is 0 Å². The van der Waals surface area contributed by atoms with Gasteiger partial charge in [-0.1, -0.05) is 6.07 Å². The lowest BCUT2D eigenvalue weighted by atomic mass is 9.77. The van der Waals surface area contributed by atoms with Crippen LogP contribution in [0.5, 0.6) is 5.75 Å². The summed E-state index contributed by atoms with van der Waals surface area (Å²) in [6, 6.07) is 20.0. The Bertz CT molecular complexity index is 1780. The summed E-state index contributed by atoms with van der Waals surface area (Å²) in [4.78, 5) is 20.6. The fourth-order valence-corrected chi connectivity index (χ4v) is 6.84. The molecule has 7 rings (SSSR count). The number of hydrogen-bond acceptors (Lipinski definition) is 7. The van der Waals surface area contributed by atoms with Gasteiger partial charge in [-0.15, -0.1) is 0 Å². The fourth-order valence-electron chi connectivity index (χ4n) is 6.84. The van der Waals surface area contributed by atoms with E-state index in [0.29, 0.717) is 25.1 Å². The number of benzene rings is 3. The predicted octanol–water partition coefficient (Wildman–Crippen LogP) is 4.57. The van der Waals surface area contributed by atoms with Gasteiger partial charge in [-0.2, -0.15) is 10.2 Å². The summed E-state index contributed by atoms with van der Waals surface area (Å²) in [6.45, 7) is 4.55. The maximum absolute atomic E-state index is 15.0. The Morgan fingerprint density at radius 1 is 0.889 bits per heavy atom. The molecule has 2 aliphatic rings. The van der Waals surface area contributed by atoms with Gasteiger partial charge in [-0.25, -0.2) is 28.2 Å². The molecule has 45 heavy (non-hydrogen) atoms. The van der Waals surface area contributed by atoms with Crippen molar-refractivity contribution in [3.63, 3.8) is 0 Å². The van der Waals surface area contributed by atoms with Crippen molar-refractivity contribution in [3.8, 4) is 11.4 Å². The maximum Gasteiger partial charge on any atom is 0.347 e. The van der Waals surface area contributed by atoms with Crippen LogP contribution in [0.4, 0.5) is 20.2 Å². The molecule has 10 nitrogen and oxygen atoms in total. The average molecular weight is 613 g/mol. The zero-order chi connectivity index (χ0) is 30.8. The average Bonchev–Trinajstić information content (AvgIpc) is 3.83. The van der Waals surface area contributed by atoms with Crippen molar-refractivity contribution in [2.75, 3.05) is 42.6 Å². The minimum atomic E-state index is -0.577. The second-order valence-electron chi connectivity index (χ2n) is 11.9. The van der Waals surface area contributed by atoms with Crippen LogP contribution in [0.3, 0.4) is 0 Å².